The molecule has 0 aliphatic rings. The lowest BCUT2D eigenvalue weighted by Crippen LogP contribution is -2.16. The van der Waals surface area contributed by atoms with Crippen molar-refractivity contribution in [1.29, 1.82) is 0 Å². The molecular weight excluding hydrogens is 264 g/mol. The van der Waals surface area contributed by atoms with Crippen LogP contribution in [-0.4, -0.2) is 15.1 Å². The Morgan fingerprint density at radius 2 is 1.95 bits per heavy atom. The molecule has 1 heterocycles. The monoisotopic (exact) mass is 274 g/mol. The number of aromatic nitrogens is 2. The maximum atomic E-state index is 11.5. The maximum absolute atomic E-state index is 11.5. The van der Waals surface area contributed by atoms with Gasteiger partial charge in [0.1, 0.15) is 0 Å². The van der Waals surface area contributed by atoms with Crippen LogP contribution in [0.3, 0.4) is 0 Å². The Kier molecular flexibility index (Phi) is 3.85. The summed E-state index contributed by atoms with van der Waals surface area (Å²) in [6.07, 6.45) is 0. The number of benzene rings is 1. The van der Waals surface area contributed by atoms with Crippen LogP contribution in [0.2, 0.25) is 0 Å². The first-order valence-electron chi connectivity index (χ1n) is 5.29. The minimum Gasteiger partial charge on any atom is -0.494 e. The van der Waals surface area contributed by atoms with Crippen molar-refractivity contribution in [2.24, 2.45) is 0 Å². The first kappa shape index (κ1) is 12.7. The van der Waals surface area contributed by atoms with E-state index in [1.165, 1.54) is 0 Å². The Hall–Kier alpha value is -2.72. The van der Waals surface area contributed by atoms with Crippen LogP contribution in [0.5, 0.6) is 5.88 Å². The number of rotatable bonds is 2. The summed E-state index contributed by atoms with van der Waals surface area (Å²) in [6, 6.07) is 11.8. The topological polar surface area (TPSA) is 92.9 Å². The first-order valence-corrected chi connectivity index (χ1v) is 5.70. The molecule has 0 bridgehead atoms. The van der Waals surface area contributed by atoms with Gasteiger partial charge in [0.25, 0.3) is 5.56 Å². The van der Waals surface area contributed by atoms with Crippen LogP contribution in [0.1, 0.15) is 5.56 Å². The van der Waals surface area contributed by atoms with Crippen molar-refractivity contribution in [3.8, 4) is 17.8 Å². The molecule has 5 N–H and O–H groups in total. The van der Waals surface area contributed by atoms with Crippen molar-refractivity contribution in [2.45, 2.75) is 0 Å². The van der Waals surface area contributed by atoms with Gasteiger partial charge in [0.05, 0.1) is 5.69 Å². The molecule has 1 aromatic heterocycles. The molecule has 0 unspecified atom stereocenters. The van der Waals surface area contributed by atoms with Gasteiger partial charge < -0.3 is 10.1 Å². The highest BCUT2D eigenvalue weighted by Crippen LogP contribution is 2.04. The normalized spacial score (nSPS) is 9.26. The van der Waals surface area contributed by atoms with Gasteiger partial charge in [-0.3, -0.25) is 20.6 Å². The Labute approximate surface area is 113 Å². The third-order valence-electron chi connectivity index (χ3n) is 2.15. The molecular formula is C12H10N4O2S. The number of para-hydroxylation sites is 1. The lowest BCUT2D eigenvalue weighted by atomic mass is 10.3. The largest absolute Gasteiger partial charge is 0.494 e. The molecule has 0 radical (unpaired) electrons. The molecule has 19 heavy (non-hydrogen) atoms. The number of aromatic amines is 2. The van der Waals surface area contributed by atoms with E-state index in [1.54, 1.807) is 0 Å². The van der Waals surface area contributed by atoms with E-state index in [1.807, 2.05) is 30.3 Å². The molecule has 0 spiro atoms. The van der Waals surface area contributed by atoms with Crippen molar-refractivity contribution in [3.63, 3.8) is 0 Å². The van der Waals surface area contributed by atoms with Gasteiger partial charge in [-0.05, 0) is 30.3 Å². The minimum atomic E-state index is -0.546. The van der Waals surface area contributed by atoms with Crippen LogP contribution in [0.25, 0.3) is 0 Å². The van der Waals surface area contributed by atoms with Gasteiger partial charge in [-0.15, -0.1) is 0 Å². The standard InChI is InChI=1S/C12H10N4O2S/c17-10-9(11(18)15-12(19)14-10)6-7-13-16-8-4-2-1-3-5-8/h1-5,13,16H,(H3,14,15,17,18,19). The predicted octanol–water partition coefficient (Wildman–Crippen LogP) is 1.06. The molecule has 7 heteroatoms. The molecule has 0 saturated carbocycles. The summed E-state index contributed by atoms with van der Waals surface area (Å²) in [7, 11) is 0. The second-order valence-corrected chi connectivity index (χ2v) is 3.91. The number of H-pyrrole nitrogens is 2. The Morgan fingerprint density at radius 1 is 1.21 bits per heavy atom. The van der Waals surface area contributed by atoms with Crippen LogP contribution >= 0.6 is 12.2 Å². The Balaban J connectivity index is 2.09. The fourth-order valence-corrected chi connectivity index (χ4v) is 1.50. The predicted molar refractivity (Wildman–Crippen MR) is 74.0 cm³/mol. The number of hydrogen-bond acceptors (Lipinski definition) is 5. The second-order valence-electron chi connectivity index (χ2n) is 3.50. The SMILES string of the molecule is O=c1[nH]c(=S)[nH]c(O)c1C#CNNc1ccccc1. The van der Waals surface area contributed by atoms with Gasteiger partial charge in [0.2, 0.25) is 5.88 Å². The summed E-state index contributed by atoms with van der Waals surface area (Å²) in [5.41, 5.74) is 5.61. The molecule has 6 nitrogen and oxygen atoms in total. The average molecular weight is 274 g/mol. The van der Waals surface area contributed by atoms with E-state index in [0.717, 1.165) is 5.69 Å². The van der Waals surface area contributed by atoms with Gasteiger partial charge in [-0.2, -0.15) is 0 Å². The van der Waals surface area contributed by atoms with Crippen molar-refractivity contribution in [1.82, 2.24) is 15.4 Å². The molecule has 0 aliphatic heterocycles. The minimum absolute atomic E-state index is 0.0448. The smallest absolute Gasteiger partial charge is 0.271 e. The lowest BCUT2D eigenvalue weighted by Gasteiger charge is -2.02. The van der Waals surface area contributed by atoms with E-state index in [2.05, 4.69) is 32.8 Å². The highest BCUT2D eigenvalue weighted by atomic mass is 32.1. The van der Waals surface area contributed by atoms with E-state index >= 15 is 0 Å². The van der Waals surface area contributed by atoms with E-state index in [0.29, 0.717) is 0 Å². The molecule has 1 aromatic carbocycles. The Bertz CT molecular complexity index is 740. The summed E-state index contributed by atoms with van der Waals surface area (Å²) in [4.78, 5) is 16.2. The number of hydrazine groups is 1. The fraction of sp³-hybridized carbons (Fsp3) is 0. The molecule has 0 fully saturated rings. The van der Waals surface area contributed by atoms with Gasteiger partial charge >= 0.3 is 0 Å². The summed E-state index contributed by atoms with van der Waals surface area (Å²) in [6.45, 7) is 0. The second kappa shape index (κ2) is 5.75. The third-order valence-corrected chi connectivity index (χ3v) is 2.36. The average Bonchev–Trinajstić information content (AvgIpc) is 2.38. The van der Waals surface area contributed by atoms with Crippen molar-refractivity contribution in [3.05, 3.63) is 51.0 Å². The molecule has 96 valence electrons. The van der Waals surface area contributed by atoms with Gasteiger partial charge in [-0.25, -0.2) is 0 Å². The summed E-state index contributed by atoms with van der Waals surface area (Å²) in [5, 5.41) is 9.50. The quantitative estimate of drug-likeness (QED) is 0.244. The first-order chi connectivity index (χ1) is 9.16. The fourth-order valence-electron chi connectivity index (χ4n) is 1.31. The number of aromatic hydroxyl groups is 1. The zero-order valence-electron chi connectivity index (χ0n) is 9.65. The van der Waals surface area contributed by atoms with Crippen LogP contribution in [-0.2, 0) is 0 Å². The van der Waals surface area contributed by atoms with Crippen LogP contribution < -0.4 is 16.4 Å². The van der Waals surface area contributed by atoms with Gasteiger partial charge in [0, 0.05) is 6.04 Å². The number of anilines is 1. The molecule has 0 atom stereocenters. The van der Waals surface area contributed by atoms with Crippen molar-refractivity contribution < 1.29 is 5.11 Å². The zero-order valence-corrected chi connectivity index (χ0v) is 10.5. The maximum Gasteiger partial charge on any atom is 0.271 e. The molecule has 2 aromatic rings. The summed E-state index contributed by atoms with van der Waals surface area (Å²) in [5.74, 6) is 2.13. The highest BCUT2D eigenvalue weighted by molar-refractivity contribution is 7.71. The molecule has 0 amide bonds. The van der Waals surface area contributed by atoms with Crippen LogP contribution in [0, 0.1) is 16.7 Å². The zero-order chi connectivity index (χ0) is 13.7. The van der Waals surface area contributed by atoms with E-state index < -0.39 is 5.56 Å². The van der Waals surface area contributed by atoms with Crippen molar-refractivity contribution in [2.75, 3.05) is 5.43 Å². The summed E-state index contributed by atoms with van der Waals surface area (Å²) >= 11 is 4.70. The van der Waals surface area contributed by atoms with E-state index in [4.69, 9.17) is 12.2 Å². The van der Waals surface area contributed by atoms with Crippen molar-refractivity contribution >= 4 is 17.9 Å². The molecule has 0 saturated heterocycles. The van der Waals surface area contributed by atoms with Crippen LogP contribution in [0.15, 0.2) is 35.1 Å². The number of hydrogen-bond donors (Lipinski definition) is 5. The van der Waals surface area contributed by atoms with Gasteiger partial charge in [0.15, 0.2) is 10.3 Å². The Morgan fingerprint density at radius 3 is 2.63 bits per heavy atom. The van der Waals surface area contributed by atoms with Gasteiger partial charge in [-0.1, -0.05) is 18.2 Å². The molecule has 2 rings (SSSR count). The lowest BCUT2D eigenvalue weighted by molar-refractivity contribution is 0.448. The van der Waals surface area contributed by atoms with Crippen LogP contribution in [0.4, 0.5) is 5.69 Å². The van der Waals surface area contributed by atoms with E-state index in [9.17, 15) is 9.90 Å². The summed E-state index contributed by atoms with van der Waals surface area (Å²) < 4.78 is 0.0448. The third kappa shape index (κ3) is 3.37. The van der Waals surface area contributed by atoms with E-state index in [-0.39, 0.29) is 16.2 Å². The number of nitrogens with one attached hydrogen (secondary N) is 4. The molecule has 0 aliphatic carbocycles. The highest BCUT2D eigenvalue weighted by Gasteiger charge is 2.03.